The molecule has 0 bridgehead atoms. The zero-order chi connectivity index (χ0) is 14.5. The van der Waals surface area contributed by atoms with Crippen molar-refractivity contribution in [1.82, 2.24) is 20.4 Å². The van der Waals surface area contributed by atoms with Crippen LogP contribution in [0.1, 0.15) is 6.92 Å². The van der Waals surface area contributed by atoms with Crippen LogP contribution in [0.15, 0.2) is 0 Å². The summed E-state index contributed by atoms with van der Waals surface area (Å²) < 4.78 is 5.47. The van der Waals surface area contributed by atoms with Gasteiger partial charge in [-0.3, -0.25) is 9.59 Å². The molecule has 7 heteroatoms. The molecule has 0 saturated carbocycles. The third-order valence-electron chi connectivity index (χ3n) is 3.80. The number of likely N-dealkylation sites (N-methyl/N-ethyl adjacent to an activating group) is 1. The molecule has 0 aliphatic carbocycles. The van der Waals surface area contributed by atoms with Gasteiger partial charge < -0.3 is 25.2 Å². The molecule has 0 aromatic carbocycles. The maximum Gasteiger partial charge on any atom is 0.242 e. The molecule has 2 heterocycles. The third kappa shape index (κ3) is 3.68. The summed E-state index contributed by atoms with van der Waals surface area (Å²) in [6.45, 7) is 6.35. The van der Waals surface area contributed by atoms with Crippen molar-refractivity contribution in [2.75, 3.05) is 52.9 Å². The van der Waals surface area contributed by atoms with Gasteiger partial charge in [-0.15, -0.1) is 0 Å². The molecule has 2 aliphatic rings. The number of piperazine rings is 1. The van der Waals surface area contributed by atoms with E-state index < -0.39 is 0 Å². The van der Waals surface area contributed by atoms with E-state index in [1.807, 2.05) is 6.92 Å². The van der Waals surface area contributed by atoms with Crippen molar-refractivity contribution in [3.63, 3.8) is 0 Å². The van der Waals surface area contributed by atoms with Gasteiger partial charge in [0, 0.05) is 39.8 Å². The van der Waals surface area contributed by atoms with E-state index in [1.165, 1.54) is 4.90 Å². The summed E-state index contributed by atoms with van der Waals surface area (Å²) in [6.07, 6.45) is -0.159. The minimum atomic E-state index is -0.357. The largest absolute Gasteiger partial charge is 0.375 e. The monoisotopic (exact) mass is 284 g/mol. The van der Waals surface area contributed by atoms with E-state index in [9.17, 15) is 9.59 Å². The van der Waals surface area contributed by atoms with Gasteiger partial charge in [-0.1, -0.05) is 0 Å². The first kappa shape index (κ1) is 15.2. The summed E-state index contributed by atoms with van der Waals surface area (Å²) in [6, 6.07) is -0.357. The fraction of sp³-hybridized carbons (Fsp3) is 0.846. The number of rotatable bonds is 3. The van der Waals surface area contributed by atoms with Crippen LogP contribution in [0.4, 0.5) is 0 Å². The molecule has 0 spiro atoms. The van der Waals surface area contributed by atoms with Crippen molar-refractivity contribution in [1.29, 1.82) is 0 Å². The topological polar surface area (TPSA) is 73.9 Å². The number of hydrogen-bond donors (Lipinski definition) is 2. The molecule has 0 aromatic rings. The quantitative estimate of drug-likeness (QED) is 0.643. The Morgan fingerprint density at radius 1 is 1.30 bits per heavy atom. The zero-order valence-corrected chi connectivity index (χ0v) is 12.2. The molecule has 2 saturated heterocycles. The highest BCUT2D eigenvalue weighted by Gasteiger charge is 2.31. The van der Waals surface area contributed by atoms with Gasteiger partial charge in [-0.2, -0.15) is 0 Å². The zero-order valence-electron chi connectivity index (χ0n) is 12.2. The second-order valence-corrected chi connectivity index (χ2v) is 5.33. The smallest absolute Gasteiger partial charge is 0.242 e. The molecule has 20 heavy (non-hydrogen) atoms. The molecule has 7 nitrogen and oxygen atoms in total. The normalized spacial score (nSPS) is 27.2. The maximum atomic E-state index is 12.3. The van der Waals surface area contributed by atoms with Gasteiger partial charge in [-0.25, -0.2) is 0 Å². The van der Waals surface area contributed by atoms with Crippen molar-refractivity contribution in [2.45, 2.75) is 19.1 Å². The predicted octanol–water partition coefficient (Wildman–Crippen LogP) is -1.75. The molecule has 0 radical (unpaired) electrons. The molecule has 0 unspecified atom stereocenters. The highest BCUT2D eigenvalue weighted by molar-refractivity contribution is 5.87. The Bertz CT molecular complexity index is 358. The molecular weight excluding hydrogens is 260 g/mol. The van der Waals surface area contributed by atoms with Gasteiger partial charge in [0.2, 0.25) is 11.8 Å². The van der Waals surface area contributed by atoms with Gasteiger partial charge in [0.25, 0.3) is 0 Å². The van der Waals surface area contributed by atoms with Crippen LogP contribution in [0, 0.1) is 0 Å². The highest BCUT2D eigenvalue weighted by atomic mass is 16.5. The number of ether oxygens (including phenoxy) is 1. The van der Waals surface area contributed by atoms with E-state index in [2.05, 4.69) is 10.6 Å². The van der Waals surface area contributed by atoms with Crippen LogP contribution in [0.25, 0.3) is 0 Å². The van der Waals surface area contributed by atoms with Crippen LogP contribution >= 0.6 is 0 Å². The van der Waals surface area contributed by atoms with E-state index in [4.69, 9.17) is 4.74 Å². The summed E-state index contributed by atoms with van der Waals surface area (Å²) in [5, 5.41) is 6.35. The minimum Gasteiger partial charge on any atom is -0.375 e. The van der Waals surface area contributed by atoms with Crippen LogP contribution in [0.3, 0.4) is 0 Å². The van der Waals surface area contributed by atoms with Crippen LogP contribution in [0.5, 0.6) is 0 Å². The molecule has 2 fully saturated rings. The lowest BCUT2D eigenvalue weighted by atomic mass is 10.1. The number of amides is 2. The second-order valence-electron chi connectivity index (χ2n) is 5.33. The lowest BCUT2D eigenvalue weighted by Gasteiger charge is -2.33. The molecule has 2 atom stereocenters. The fourth-order valence-electron chi connectivity index (χ4n) is 2.54. The molecule has 2 amide bonds. The van der Waals surface area contributed by atoms with E-state index >= 15 is 0 Å². The Morgan fingerprint density at radius 3 is 2.65 bits per heavy atom. The highest BCUT2D eigenvalue weighted by Crippen LogP contribution is 2.07. The number of carbonyl (C=O) groups is 2. The first-order chi connectivity index (χ1) is 9.59. The van der Waals surface area contributed by atoms with Crippen molar-refractivity contribution < 1.29 is 14.3 Å². The summed E-state index contributed by atoms with van der Waals surface area (Å²) in [7, 11) is 1.67. The van der Waals surface area contributed by atoms with Crippen LogP contribution in [0.2, 0.25) is 0 Å². The molecule has 2 aliphatic heterocycles. The van der Waals surface area contributed by atoms with Gasteiger partial charge in [-0.05, 0) is 6.92 Å². The van der Waals surface area contributed by atoms with Crippen LogP contribution in [-0.2, 0) is 14.3 Å². The average molecular weight is 284 g/mol. The van der Waals surface area contributed by atoms with Crippen molar-refractivity contribution in [3.05, 3.63) is 0 Å². The number of nitrogens with zero attached hydrogens (tertiary/aromatic N) is 2. The van der Waals surface area contributed by atoms with Gasteiger partial charge >= 0.3 is 0 Å². The maximum absolute atomic E-state index is 12.3. The van der Waals surface area contributed by atoms with Gasteiger partial charge in [0.15, 0.2) is 0 Å². The van der Waals surface area contributed by atoms with Crippen molar-refractivity contribution >= 4 is 11.8 Å². The van der Waals surface area contributed by atoms with Crippen molar-refractivity contribution in [3.8, 4) is 0 Å². The molecular formula is C13H24N4O3. The summed E-state index contributed by atoms with van der Waals surface area (Å²) in [5.74, 6) is -0.0765. The SMILES string of the molecule is C[C@H]1OCCN[C@@H]1C(=O)N(C)CC(=O)N1CCNCC1. The second kappa shape index (κ2) is 7.01. The Hall–Kier alpha value is -1.18. The van der Waals surface area contributed by atoms with Gasteiger partial charge in [0.1, 0.15) is 6.04 Å². The summed E-state index contributed by atoms with van der Waals surface area (Å²) in [5.41, 5.74) is 0. The molecule has 2 rings (SSSR count). The lowest BCUT2D eigenvalue weighted by Crippen LogP contribution is -2.57. The summed E-state index contributed by atoms with van der Waals surface area (Å²) in [4.78, 5) is 27.8. The first-order valence-corrected chi connectivity index (χ1v) is 7.18. The van der Waals surface area contributed by atoms with Crippen LogP contribution in [-0.4, -0.2) is 86.7 Å². The Balaban J connectivity index is 1.85. The average Bonchev–Trinajstić information content (AvgIpc) is 2.48. The third-order valence-corrected chi connectivity index (χ3v) is 3.80. The Morgan fingerprint density at radius 2 is 2.00 bits per heavy atom. The van der Waals surface area contributed by atoms with E-state index in [0.717, 1.165) is 13.1 Å². The number of hydrogen-bond acceptors (Lipinski definition) is 5. The predicted molar refractivity (Wildman–Crippen MR) is 74.3 cm³/mol. The Kier molecular flexibility index (Phi) is 5.33. The van der Waals surface area contributed by atoms with E-state index in [1.54, 1.807) is 11.9 Å². The first-order valence-electron chi connectivity index (χ1n) is 7.18. The number of morpholine rings is 1. The van der Waals surface area contributed by atoms with Crippen molar-refractivity contribution in [2.24, 2.45) is 0 Å². The number of carbonyl (C=O) groups excluding carboxylic acids is 2. The number of nitrogens with one attached hydrogen (secondary N) is 2. The lowest BCUT2D eigenvalue weighted by molar-refractivity contribution is -0.144. The summed E-state index contributed by atoms with van der Waals surface area (Å²) >= 11 is 0. The fourth-order valence-corrected chi connectivity index (χ4v) is 2.54. The molecule has 0 aromatic heterocycles. The van der Waals surface area contributed by atoms with Crippen LogP contribution < -0.4 is 10.6 Å². The Labute approximate surface area is 119 Å². The standard InChI is InChI=1S/C13H24N4O3/c1-10-12(15-5-8-20-10)13(19)16(2)9-11(18)17-6-3-14-4-7-17/h10,12,14-15H,3-9H2,1-2H3/t10-,12+/m1/s1. The van der Waals surface area contributed by atoms with E-state index in [-0.39, 0.29) is 30.5 Å². The molecule has 114 valence electrons. The van der Waals surface area contributed by atoms with E-state index in [0.29, 0.717) is 26.2 Å². The van der Waals surface area contributed by atoms with Gasteiger partial charge in [0.05, 0.1) is 19.3 Å². The minimum absolute atomic E-state index is 0.00623. The molecule has 2 N–H and O–H groups in total.